The first kappa shape index (κ1) is 47.7. The van der Waals surface area contributed by atoms with E-state index in [-0.39, 0.29) is 18.5 Å². The van der Waals surface area contributed by atoms with Crippen LogP contribution in [0.15, 0.2) is 220 Å². The zero-order valence-electron chi connectivity index (χ0n) is 44.4. The molecule has 0 saturated heterocycles. The molecule has 0 radical (unpaired) electrons. The Morgan fingerprint density at radius 2 is 0.720 bits per heavy atom. The Labute approximate surface area is 477 Å². The van der Waals surface area contributed by atoms with Crippen molar-refractivity contribution in [3.63, 3.8) is 0 Å². The molecule has 82 heavy (non-hydrogen) atoms. The van der Waals surface area contributed by atoms with Gasteiger partial charge in [0, 0.05) is 79.2 Å². The van der Waals surface area contributed by atoms with Crippen molar-refractivity contribution in [3.05, 3.63) is 242 Å². The van der Waals surface area contributed by atoms with Gasteiger partial charge >= 0.3 is 0 Å². The van der Waals surface area contributed by atoms with Gasteiger partial charge in [0.05, 0.1) is 29.8 Å². The van der Waals surface area contributed by atoms with Crippen LogP contribution in [0.4, 0.5) is 85.1 Å². The molecule has 17 nitrogen and oxygen atoms in total. The second kappa shape index (κ2) is 19.5. The van der Waals surface area contributed by atoms with Crippen molar-refractivity contribution in [2.45, 2.75) is 50.3 Å². The van der Waals surface area contributed by atoms with Gasteiger partial charge < -0.3 is 39.2 Å². The number of hydrogen-bond donors (Lipinski definition) is 0. The van der Waals surface area contributed by atoms with E-state index in [1.807, 2.05) is 55.4 Å². The van der Waals surface area contributed by atoms with Gasteiger partial charge in [-0.2, -0.15) is 0 Å². The van der Waals surface area contributed by atoms with Gasteiger partial charge in [-0.25, -0.2) is 39.9 Å². The second-order valence-corrected chi connectivity index (χ2v) is 21.8. The zero-order chi connectivity index (χ0) is 54.3. The number of aromatic nitrogens is 9. The summed E-state index contributed by atoms with van der Waals surface area (Å²) in [5.74, 6) is 3.99. The molecule has 0 saturated carbocycles. The van der Waals surface area contributed by atoms with E-state index in [2.05, 4.69) is 230 Å². The number of hydrogen-bond acceptors (Lipinski definition) is 18. The zero-order valence-corrected chi connectivity index (χ0v) is 45.2. The van der Waals surface area contributed by atoms with Crippen LogP contribution in [0.5, 0.6) is 0 Å². The van der Waals surface area contributed by atoms with Crippen molar-refractivity contribution >= 4 is 96.5 Å². The van der Waals surface area contributed by atoms with Gasteiger partial charge in [0.15, 0.2) is 23.3 Å². The number of thiophene rings is 1. The molecule has 14 heterocycles. The number of benzene rings is 5. The lowest BCUT2D eigenvalue weighted by Crippen LogP contribution is -2.36. The van der Waals surface area contributed by atoms with Crippen molar-refractivity contribution in [2.24, 2.45) is 0 Å². The summed E-state index contributed by atoms with van der Waals surface area (Å²) < 4.78 is 0. The van der Waals surface area contributed by atoms with Gasteiger partial charge in [-0.1, -0.05) is 91.0 Å². The van der Waals surface area contributed by atoms with Crippen LogP contribution in [0.25, 0.3) is 0 Å². The number of rotatable bonds is 3. The van der Waals surface area contributed by atoms with E-state index in [4.69, 9.17) is 0 Å². The Morgan fingerprint density at radius 1 is 0.329 bits per heavy atom. The van der Waals surface area contributed by atoms with Crippen LogP contribution in [-0.4, -0.2) is 76.6 Å². The highest BCUT2D eigenvalue weighted by atomic mass is 32.1. The Balaban J connectivity index is 0.0000000904. The third-order valence-corrected chi connectivity index (χ3v) is 17.5. The molecule has 19 rings (SSSR count). The lowest BCUT2D eigenvalue weighted by atomic mass is 10.1. The van der Waals surface area contributed by atoms with Crippen LogP contribution in [-0.2, 0) is 25.7 Å². The number of pyridine rings is 1. The maximum atomic E-state index is 4.55. The minimum Gasteiger partial charge on any atom is -0.349 e. The average Bonchev–Trinajstić information content (AvgIpc) is 3.81. The monoisotopic (exact) mass is 1090 g/mol. The molecule has 11 aromatic rings. The molecule has 0 amide bonds. The normalized spacial score (nSPS) is 18.6. The van der Waals surface area contributed by atoms with Crippen LogP contribution in [0.2, 0.25) is 0 Å². The first-order chi connectivity index (χ1) is 40.7. The highest BCUT2D eigenvalue weighted by Gasteiger charge is 2.47. The smallest absolute Gasteiger partial charge is 0.162 e. The van der Waals surface area contributed by atoms with Crippen molar-refractivity contribution in [2.75, 3.05) is 46.2 Å². The first-order valence-corrected chi connectivity index (χ1v) is 28.3. The number of likely N-dealkylation sites (N-methyl/N-ethyl adjacent to an activating group) is 1. The summed E-state index contributed by atoms with van der Waals surface area (Å²) in [6, 6.07) is 53.0. The number of fused-ring (bicyclic) bond motifs is 20. The Hall–Kier alpha value is -10.3. The van der Waals surface area contributed by atoms with Crippen LogP contribution < -0.4 is 39.2 Å². The largest absolute Gasteiger partial charge is 0.349 e. The lowest BCUT2D eigenvalue weighted by molar-refractivity contribution is 0.701. The summed E-state index contributed by atoms with van der Waals surface area (Å²) in [7, 11) is 2.11. The third-order valence-electron chi connectivity index (χ3n) is 16.6. The van der Waals surface area contributed by atoms with Gasteiger partial charge in [0.25, 0.3) is 0 Å². The van der Waals surface area contributed by atoms with Crippen LogP contribution in [0.3, 0.4) is 0 Å². The molecule has 0 N–H and O–H groups in total. The number of para-hydroxylation sites is 5. The van der Waals surface area contributed by atoms with Crippen LogP contribution in [0, 0.1) is 0 Å². The lowest BCUT2D eigenvalue weighted by Gasteiger charge is -2.27. The van der Waals surface area contributed by atoms with E-state index < -0.39 is 0 Å². The van der Waals surface area contributed by atoms with E-state index in [0.29, 0.717) is 6.17 Å². The number of anilines is 15. The highest BCUT2D eigenvalue weighted by Crippen LogP contribution is 2.55. The molecule has 8 aliphatic rings. The molecule has 5 aromatic carbocycles. The van der Waals surface area contributed by atoms with Gasteiger partial charge in [-0.05, 0) is 88.3 Å². The van der Waals surface area contributed by atoms with Gasteiger partial charge in [-0.15, -0.1) is 11.3 Å². The summed E-state index contributed by atoms with van der Waals surface area (Å²) in [5, 5.41) is 3.36. The second-order valence-electron chi connectivity index (χ2n) is 20.9. The van der Waals surface area contributed by atoms with E-state index in [1.165, 1.54) is 55.7 Å². The summed E-state index contributed by atoms with van der Waals surface area (Å²) >= 11 is 1.76. The molecule has 398 valence electrons. The molecule has 18 heteroatoms. The van der Waals surface area contributed by atoms with E-state index in [0.717, 1.165) is 77.4 Å². The molecule has 0 bridgehead atoms. The molecule has 0 spiro atoms. The molecule has 4 unspecified atom stereocenters. The summed E-state index contributed by atoms with van der Waals surface area (Å²) in [4.78, 5) is 57.5. The molecular weight excluding hydrogens is 1040 g/mol. The third kappa shape index (κ3) is 7.55. The fourth-order valence-electron chi connectivity index (χ4n) is 13.2. The molecule has 4 atom stereocenters. The van der Waals surface area contributed by atoms with E-state index >= 15 is 0 Å². The summed E-state index contributed by atoms with van der Waals surface area (Å²) in [6.45, 7) is 0. The van der Waals surface area contributed by atoms with Crippen molar-refractivity contribution in [3.8, 4) is 0 Å². The molecule has 6 aromatic heterocycles. The topological polar surface area (TPSA) is 142 Å². The van der Waals surface area contributed by atoms with Crippen molar-refractivity contribution in [1.29, 1.82) is 0 Å². The number of nitrogens with zero attached hydrogens (tertiary/aromatic N) is 17. The molecular formula is C64H51N17S. The highest BCUT2D eigenvalue weighted by molar-refractivity contribution is 7.14. The summed E-state index contributed by atoms with van der Waals surface area (Å²) in [6.07, 6.45) is 22.9. The van der Waals surface area contributed by atoms with Crippen LogP contribution >= 0.6 is 11.3 Å². The van der Waals surface area contributed by atoms with Gasteiger partial charge in [0.2, 0.25) is 0 Å². The van der Waals surface area contributed by atoms with E-state index in [1.54, 1.807) is 36.6 Å². The van der Waals surface area contributed by atoms with Crippen molar-refractivity contribution in [1.82, 2.24) is 44.9 Å². The predicted molar refractivity (Wildman–Crippen MR) is 322 cm³/mol. The Morgan fingerprint density at radius 3 is 1.24 bits per heavy atom. The predicted octanol–water partition coefficient (Wildman–Crippen LogP) is 12.3. The minimum atomic E-state index is 0.214. The SMILES string of the molecule is CN1c2cncnc2N2c3ccccc3CC12.c1ccc(N2c3ncncc3N3c4ccccc4CC32)cc1.c1ccc2c(c1)CC1N(c3ccncc3)c3cncnc3N21.c1csc(N2c3cncnc3N3c4ccccc4CC23)c1. The van der Waals surface area contributed by atoms with Gasteiger partial charge in [0.1, 0.15) is 72.7 Å². The summed E-state index contributed by atoms with van der Waals surface area (Å²) in [5.41, 5.74) is 17.2. The molecule has 8 aliphatic heterocycles. The van der Waals surface area contributed by atoms with Gasteiger partial charge in [-0.3, -0.25) is 4.98 Å². The Kier molecular flexibility index (Phi) is 11.3. The minimum absolute atomic E-state index is 0.214. The molecule has 0 aliphatic carbocycles. The first-order valence-electron chi connectivity index (χ1n) is 27.4. The maximum Gasteiger partial charge on any atom is 0.162 e. The van der Waals surface area contributed by atoms with Crippen LogP contribution in [0.1, 0.15) is 22.3 Å². The standard InChI is InChI=1S/C18H14N4.C17H13N5.C16H12N4S.C13H12N4/c1-2-7-14(8-3-1)21-17-10-13-6-4-5-9-15(13)22(17)16-11-19-12-20-18(16)21;1-2-4-14-12(3-1)9-16-21(13-5-7-18-8-6-13)15-10-19-11-20-17(15)22(14)16;1-2-5-12-11(4-1)8-14-19(15-6-3-7-21-15)13-9-17-10-18-16(13)20(12)14;1-16-11-7-14-8-15-13(11)17-10-5-3-2-4-9(10)6-12(16)17/h1-9,11-12,17H,10H2;1-8,10-11,16H,9H2;1-7,9-10,14H,8H2;2-5,7-8,12H,6H2,1H3. The quantitative estimate of drug-likeness (QED) is 0.165. The Bertz CT molecular complexity index is 4000. The fraction of sp³-hybridized carbons (Fsp3) is 0.141. The maximum absolute atomic E-state index is 4.55. The molecule has 0 fully saturated rings. The van der Waals surface area contributed by atoms with Crippen molar-refractivity contribution < 1.29 is 0 Å². The van der Waals surface area contributed by atoms with E-state index in [9.17, 15) is 0 Å². The fourth-order valence-corrected chi connectivity index (χ4v) is 14.0. The average molecular weight is 1090 g/mol.